The van der Waals surface area contributed by atoms with Gasteiger partial charge in [-0.1, -0.05) is 0 Å². The van der Waals surface area contributed by atoms with E-state index in [0.717, 1.165) is 4.90 Å². The van der Waals surface area contributed by atoms with E-state index in [4.69, 9.17) is 4.74 Å². The summed E-state index contributed by atoms with van der Waals surface area (Å²) in [5, 5.41) is 8.97. The molecule has 1 aromatic carbocycles. The van der Waals surface area contributed by atoms with E-state index in [1.165, 1.54) is 18.9 Å². The van der Waals surface area contributed by atoms with Gasteiger partial charge in [0, 0.05) is 10.6 Å². The maximum atomic E-state index is 12.7. The number of Topliss-reactive ketones (excluding diaryl/α,β-unsaturated/α-hetero) is 1. The number of aromatic nitrogens is 1. The minimum absolute atomic E-state index is 0.0844. The number of hydrogen-bond acceptors (Lipinski definition) is 5. The lowest BCUT2D eigenvalue weighted by Crippen LogP contribution is -2.15. The minimum Gasteiger partial charge on any atom is -0.508 e. The maximum Gasteiger partial charge on any atom is 0.339 e. The Morgan fingerprint density at radius 1 is 1.22 bits per heavy atom. The highest BCUT2D eigenvalue weighted by molar-refractivity contribution is 8.00. The van der Waals surface area contributed by atoms with E-state index in [2.05, 4.69) is 4.98 Å². The van der Waals surface area contributed by atoms with Crippen LogP contribution in [0.4, 0.5) is 0 Å². The average Bonchev–Trinajstić information content (AvgIpc) is 2.82. The smallest absolute Gasteiger partial charge is 0.339 e. The van der Waals surface area contributed by atoms with Gasteiger partial charge in [-0.3, -0.25) is 4.79 Å². The lowest BCUT2D eigenvalue weighted by molar-refractivity contribution is 0.0599. The van der Waals surface area contributed by atoms with Crippen LogP contribution in [0.15, 0.2) is 29.2 Å². The number of aromatic amines is 1. The molecule has 6 heteroatoms. The van der Waals surface area contributed by atoms with E-state index < -0.39 is 5.97 Å². The van der Waals surface area contributed by atoms with Gasteiger partial charge in [-0.15, -0.1) is 11.8 Å². The van der Waals surface area contributed by atoms with Crippen LogP contribution in [-0.2, 0) is 4.74 Å². The molecule has 0 saturated carbocycles. The molecule has 0 saturated heterocycles. The van der Waals surface area contributed by atoms with Crippen molar-refractivity contribution in [3.8, 4) is 5.75 Å². The summed E-state index contributed by atoms with van der Waals surface area (Å²) in [5.74, 6) is -0.347. The number of ketones is 1. The van der Waals surface area contributed by atoms with Crippen LogP contribution in [-0.4, -0.2) is 34.2 Å². The third-order valence-electron chi connectivity index (χ3n) is 3.59. The molecule has 0 bridgehead atoms. The topological polar surface area (TPSA) is 79.4 Å². The fraction of sp³-hybridized carbons (Fsp3) is 0.294. The number of thioether (sulfide) groups is 1. The first-order valence-corrected chi connectivity index (χ1v) is 8.00. The molecule has 1 aromatic heterocycles. The molecule has 0 spiro atoms. The molecule has 0 fully saturated rings. The zero-order valence-corrected chi connectivity index (χ0v) is 14.3. The van der Waals surface area contributed by atoms with E-state index >= 15 is 0 Å². The number of carbonyl (C=O) groups is 2. The Hall–Kier alpha value is -2.21. The highest BCUT2D eigenvalue weighted by atomic mass is 32.2. The minimum atomic E-state index is -0.450. The van der Waals surface area contributed by atoms with Gasteiger partial charge in [-0.25, -0.2) is 4.79 Å². The first-order valence-electron chi connectivity index (χ1n) is 7.12. The molecular weight excluding hydrogens is 314 g/mol. The fourth-order valence-corrected chi connectivity index (χ4v) is 3.32. The van der Waals surface area contributed by atoms with E-state index in [9.17, 15) is 14.7 Å². The number of phenols is 1. The monoisotopic (exact) mass is 333 g/mol. The summed E-state index contributed by atoms with van der Waals surface area (Å²) in [7, 11) is 1.32. The summed E-state index contributed by atoms with van der Waals surface area (Å²) in [5.41, 5.74) is 2.08. The van der Waals surface area contributed by atoms with E-state index in [1.54, 1.807) is 38.1 Å². The number of phenolic OH excluding ortho intramolecular Hbond substituents is 1. The van der Waals surface area contributed by atoms with Gasteiger partial charge in [0.05, 0.1) is 23.6 Å². The summed E-state index contributed by atoms with van der Waals surface area (Å²) in [4.78, 5) is 28.3. The number of hydrogen-bond donors (Lipinski definition) is 2. The van der Waals surface area contributed by atoms with Crippen molar-refractivity contribution in [2.45, 2.75) is 30.9 Å². The lowest BCUT2D eigenvalue weighted by Gasteiger charge is -2.10. The maximum absolute atomic E-state index is 12.7. The molecule has 23 heavy (non-hydrogen) atoms. The van der Waals surface area contributed by atoms with Crippen molar-refractivity contribution in [3.05, 3.63) is 46.8 Å². The van der Waals surface area contributed by atoms with Crippen LogP contribution in [0.3, 0.4) is 0 Å². The Morgan fingerprint density at radius 2 is 1.83 bits per heavy atom. The number of rotatable bonds is 5. The zero-order chi connectivity index (χ0) is 17.1. The largest absolute Gasteiger partial charge is 0.508 e. The molecule has 0 radical (unpaired) electrons. The molecule has 1 atom stereocenters. The number of benzene rings is 1. The Bertz CT molecular complexity index is 734. The molecule has 0 aliphatic heterocycles. The van der Waals surface area contributed by atoms with Gasteiger partial charge in [0.2, 0.25) is 0 Å². The molecule has 2 N–H and O–H groups in total. The molecule has 0 amide bonds. The van der Waals surface area contributed by atoms with Crippen molar-refractivity contribution in [2.24, 2.45) is 0 Å². The predicted octanol–water partition coefficient (Wildman–Crippen LogP) is 3.49. The van der Waals surface area contributed by atoms with Crippen molar-refractivity contribution in [2.75, 3.05) is 7.11 Å². The van der Waals surface area contributed by atoms with Crippen molar-refractivity contribution in [1.82, 2.24) is 4.98 Å². The number of aromatic hydroxyl groups is 1. The Kier molecular flexibility index (Phi) is 5.15. The Labute approximate surface area is 139 Å². The molecule has 122 valence electrons. The number of H-pyrrole nitrogens is 1. The fourth-order valence-electron chi connectivity index (χ4n) is 2.39. The predicted molar refractivity (Wildman–Crippen MR) is 89.4 cm³/mol. The van der Waals surface area contributed by atoms with Crippen LogP contribution in [0.1, 0.15) is 39.0 Å². The summed E-state index contributed by atoms with van der Waals surface area (Å²) in [6.45, 7) is 5.29. The van der Waals surface area contributed by atoms with E-state index in [1.807, 2.05) is 6.92 Å². The Balaban J connectivity index is 2.23. The van der Waals surface area contributed by atoms with Gasteiger partial charge in [0.25, 0.3) is 0 Å². The van der Waals surface area contributed by atoms with Gasteiger partial charge in [-0.05, 0) is 50.6 Å². The van der Waals surface area contributed by atoms with Gasteiger partial charge in [0.1, 0.15) is 5.75 Å². The molecule has 2 aromatic rings. The van der Waals surface area contributed by atoms with Gasteiger partial charge in [0.15, 0.2) is 5.78 Å². The number of aryl methyl sites for hydroxylation is 1. The summed E-state index contributed by atoms with van der Waals surface area (Å²) in [6, 6.07) is 6.69. The normalized spacial score (nSPS) is 12.0. The molecule has 0 unspecified atom stereocenters. The van der Waals surface area contributed by atoms with Crippen LogP contribution in [0.5, 0.6) is 5.75 Å². The third kappa shape index (κ3) is 3.59. The molecule has 1 heterocycles. The van der Waals surface area contributed by atoms with Gasteiger partial charge < -0.3 is 14.8 Å². The number of ether oxygens (including phenoxy) is 1. The van der Waals surface area contributed by atoms with Crippen molar-refractivity contribution < 1.29 is 19.4 Å². The highest BCUT2D eigenvalue weighted by Crippen LogP contribution is 2.29. The molecule has 0 aliphatic rings. The average molecular weight is 333 g/mol. The van der Waals surface area contributed by atoms with Crippen LogP contribution in [0, 0.1) is 13.8 Å². The van der Waals surface area contributed by atoms with Crippen LogP contribution in [0.25, 0.3) is 0 Å². The summed E-state index contributed by atoms with van der Waals surface area (Å²) >= 11 is 1.40. The lowest BCUT2D eigenvalue weighted by atomic mass is 10.1. The first kappa shape index (κ1) is 17.1. The number of esters is 1. The van der Waals surface area contributed by atoms with E-state index in [-0.39, 0.29) is 16.8 Å². The third-order valence-corrected chi connectivity index (χ3v) is 4.70. The number of nitrogens with one attached hydrogen (secondary N) is 1. The van der Waals surface area contributed by atoms with Crippen molar-refractivity contribution in [3.63, 3.8) is 0 Å². The van der Waals surface area contributed by atoms with E-state index in [0.29, 0.717) is 22.5 Å². The van der Waals surface area contributed by atoms with Gasteiger partial charge in [-0.2, -0.15) is 0 Å². The molecule has 2 rings (SSSR count). The molecular formula is C17H19NO4S. The number of carbonyl (C=O) groups excluding carboxylic acids is 2. The van der Waals surface area contributed by atoms with Crippen molar-refractivity contribution >= 4 is 23.5 Å². The zero-order valence-electron chi connectivity index (χ0n) is 13.5. The Morgan fingerprint density at radius 3 is 2.39 bits per heavy atom. The molecule has 0 aliphatic carbocycles. The van der Waals surface area contributed by atoms with Crippen molar-refractivity contribution in [1.29, 1.82) is 0 Å². The quantitative estimate of drug-likeness (QED) is 0.497. The second-order valence-corrected chi connectivity index (χ2v) is 6.65. The number of methoxy groups -OCH3 is 1. The second kappa shape index (κ2) is 6.91. The standard InChI is InChI=1S/C17H19NO4S/c1-9-14(17(21)22-4)10(2)18-15(9)16(20)11(3)23-13-7-5-12(19)6-8-13/h5-8,11,18-19H,1-4H3/t11-/m1/s1. The summed E-state index contributed by atoms with van der Waals surface area (Å²) in [6.07, 6.45) is 0. The highest BCUT2D eigenvalue weighted by Gasteiger charge is 2.25. The first-order chi connectivity index (χ1) is 10.8. The SMILES string of the molecule is COC(=O)c1c(C)[nH]c(C(=O)[C@@H](C)Sc2ccc(O)cc2)c1C. The van der Waals surface area contributed by atoms with Gasteiger partial charge >= 0.3 is 5.97 Å². The van der Waals surface area contributed by atoms with Crippen LogP contribution >= 0.6 is 11.8 Å². The molecule has 5 nitrogen and oxygen atoms in total. The summed E-state index contributed by atoms with van der Waals surface area (Å²) < 4.78 is 4.76. The second-order valence-electron chi connectivity index (χ2n) is 5.23. The van der Waals surface area contributed by atoms with Crippen LogP contribution in [0.2, 0.25) is 0 Å². The van der Waals surface area contributed by atoms with Crippen LogP contribution < -0.4 is 0 Å².